The first-order valence-electron chi connectivity index (χ1n) is 6.54. The van der Waals surface area contributed by atoms with E-state index in [2.05, 4.69) is 10.4 Å². The summed E-state index contributed by atoms with van der Waals surface area (Å²) in [5.41, 5.74) is 4.13. The molecule has 112 valence electrons. The van der Waals surface area contributed by atoms with Gasteiger partial charge in [0.2, 0.25) is 0 Å². The smallest absolute Gasteiger partial charge is 0.138 e. The highest BCUT2D eigenvalue weighted by atomic mass is 35.5. The van der Waals surface area contributed by atoms with E-state index in [9.17, 15) is 4.39 Å². The molecule has 1 unspecified atom stereocenters. The number of hydrogen-bond donors (Lipinski definition) is 2. The van der Waals surface area contributed by atoms with Gasteiger partial charge in [-0.2, -0.15) is 0 Å². The maximum Gasteiger partial charge on any atom is 0.138 e. The van der Waals surface area contributed by atoms with E-state index >= 15 is 0 Å². The number of benzene rings is 1. The first kappa shape index (κ1) is 15.7. The van der Waals surface area contributed by atoms with Crippen molar-refractivity contribution < 1.29 is 9.13 Å². The van der Waals surface area contributed by atoms with Gasteiger partial charge in [-0.3, -0.25) is 10.8 Å². The lowest BCUT2D eigenvalue weighted by Crippen LogP contribution is -2.29. The van der Waals surface area contributed by atoms with E-state index in [4.69, 9.17) is 22.2 Å². The van der Waals surface area contributed by atoms with Crippen LogP contribution in [0, 0.1) is 5.82 Å². The summed E-state index contributed by atoms with van der Waals surface area (Å²) in [7, 11) is 0. The second-order valence-corrected chi connectivity index (χ2v) is 5.29. The number of aromatic nitrogens is 1. The predicted molar refractivity (Wildman–Crippen MR) is 80.6 cm³/mol. The number of nitrogens with zero attached hydrogens (tertiary/aromatic N) is 1. The minimum absolute atomic E-state index is 0.0424. The summed E-state index contributed by atoms with van der Waals surface area (Å²) in [5.74, 6) is 5.87. The number of halogens is 2. The van der Waals surface area contributed by atoms with Crippen molar-refractivity contribution in [3.63, 3.8) is 0 Å². The van der Waals surface area contributed by atoms with Crippen LogP contribution < -0.4 is 16.0 Å². The van der Waals surface area contributed by atoms with Crippen molar-refractivity contribution in [2.45, 2.75) is 26.0 Å². The maximum atomic E-state index is 13.2. The molecule has 0 saturated heterocycles. The Bertz CT molecular complexity index is 622. The van der Waals surface area contributed by atoms with Crippen LogP contribution in [-0.4, -0.2) is 11.1 Å². The van der Waals surface area contributed by atoms with E-state index in [1.54, 1.807) is 18.5 Å². The Hall–Kier alpha value is -1.69. The largest absolute Gasteiger partial charge is 0.489 e. The number of rotatable bonds is 5. The van der Waals surface area contributed by atoms with Gasteiger partial charge in [-0.05, 0) is 43.2 Å². The molecule has 0 aliphatic carbocycles. The molecule has 0 spiro atoms. The molecule has 2 aromatic rings. The molecule has 2 rings (SSSR count). The minimum Gasteiger partial charge on any atom is -0.489 e. The molecule has 0 fully saturated rings. The molecule has 0 amide bonds. The van der Waals surface area contributed by atoms with Crippen LogP contribution in [0.3, 0.4) is 0 Å². The van der Waals surface area contributed by atoms with Gasteiger partial charge in [-0.25, -0.2) is 9.82 Å². The average molecular weight is 310 g/mol. The molecule has 1 heterocycles. The standard InChI is InChI=1S/C15H17ClFN3O/c1-9(2)21-12-5-10(7-19-8-12)15(20-18)13-4-3-11(17)6-14(13)16/h3-9,15,20H,18H2,1-2H3. The molecular weight excluding hydrogens is 293 g/mol. The lowest BCUT2D eigenvalue weighted by Gasteiger charge is -2.19. The minimum atomic E-state index is -0.402. The SMILES string of the molecule is CC(C)Oc1cncc(C(NN)c2ccc(F)cc2Cl)c1. The van der Waals surface area contributed by atoms with Crippen molar-refractivity contribution in [2.75, 3.05) is 0 Å². The van der Waals surface area contributed by atoms with Gasteiger partial charge in [0.15, 0.2) is 0 Å². The maximum absolute atomic E-state index is 13.2. The first-order valence-corrected chi connectivity index (χ1v) is 6.91. The topological polar surface area (TPSA) is 60.2 Å². The van der Waals surface area contributed by atoms with Gasteiger partial charge in [-0.1, -0.05) is 17.7 Å². The summed E-state index contributed by atoms with van der Waals surface area (Å²) in [6, 6.07) is 5.62. The molecule has 21 heavy (non-hydrogen) atoms. The molecule has 6 heteroatoms. The molecule has 0 aliphatic heterocycles. The van der Waals surface area contributed by atoms with Crippen LogP contribution in [0.4, 0.5) is 4.39 Å². The molecule has 0 saturated carbocycles. The van der Waals surface area contributed by atoms with Crippen LogP contribution in [0.25, 0.3) is 0 Å². The lowest BCUT2D eigenvalue weighted by atomic mass is 10.0. The van der Waals surface area contributed by atoms with Crippen molar-refractivity contribution in [3.05, 3.63) is 58.6 Å². The third kappa shape index (κ3) is 3.91. The monoisotopic (exact) mass is 309 g/mol. The number of hydrogen-bond acceptors (Lipinski definition) is 4. The van der Waals surface area contributed by atoms with Crippen molar-refractivity contribution in [1.29, 1.82) is 0 Å². The van der Waals surface area contributed by atoms with Crippen LogP contribution >= 0.6 is 11.6 Å². The third-order valence-electron chi connectivity index (χ3n) is 2.88. The van der Waals surface area contributed by atoms with Gasteiger partial charge >= 0.3 is 0 Å². The van der Waals surface area contributed by atoms with E-state index in [1.807, 2.05) is 19.9 Å². The summed E-state index contributed by atoms with van der Waals surface area (Å²) in [5, 5.41) is 0.299. The first-order chi connectivity index (χ1) is 10.0. The molecule has 4 nitrogen and oxygen atoms in total. The van der Waals surface area contributed by atoms with Crippen molar-refractivity contribution >= 4 is 11.6 Å². The zero-order valence-corrected chi connectivity index (χ0v) is 12.6. The predicted octanol–water partition coefficient (Wildman–Crippen LogP) is 3.21. The second-order valence-electron chi connectivity index (χ2n) is 4.89. The van der Waals surface area contributed by atoms with Crippen LogP contribution in [0.1, 0.15) is 31.0 Å². The third-order valence-corrected chi connectivity index (χ3v) is 3.21. The van der Waals surface area contributed by atoms with Crippen LogP contribution in [0.2, 0.25) is 5.02 Å². The lowest BCUT2D eigenvalue weighted by molar-refractivity contribution is 0.241. The molecule has 1 atom stereocenters. The van der Waals surface area contributed by atoms with E-state index in [0.717, 1.165) is 5.56 Å². The highest BCUT2D eigenvalue weighted by Gasteiger charge is 2.17. The average Bonchev–Trinajstić information content (AvgIpc) is 2.41. The molecule has 0 aliphatic rings. The van der Waals surface area contributed by atoms with E-state index in [1.165, 1.54) is 12.1 Å². The van der Waals surface area contributed by atoms with E-state index in [0.29, 0.717) is 16.3 Å². The molecule has 1 aromatic carbocycles. The Morgan fingerprint density at radius 2 is 2.05 bits per heavy atom. The Balaban J connectivity index is 2.37. The number of pyridine rings is 1. The zero-order chi connectivity index (χ0) is 15.4. The highest BCUT2D eigenvalue weighted by Crippen LogP contribution is 2.29. The fourth-order valence-corrected chi connectivity index (χ4v) is 2.31. The van der Waals surface area contributed by atoms with Gasteiger partial charge in [-0.15, -0.1) is 0 Å². The summed E-state index contributed by atoms with van der Waals surface area (Å²) in [4.78, 5) is 4.14. The number of ether oxygens (including phenoxy) is 1. The Morgan fingerprint density at radius 1 is 1.29 bits per heavy atom. The zero-order valence-electron chi connectivity index (χ0n) is 11.8. The number of nitrogens with two attached hydrogens (primary N) is 1. The van der Waals surface area contributed by atoms with Gasteiger partial charge in [0.05, 0.1) is 18.3 Å². The highest BCUT2D eigenvalue weighted by molar-refractivity contribution is 6.31. The molecule has 1 aromatic heterocycles. The van der Waals surface area contributed by atoms with E-state index in [-0.39, 0.29) is 6.10 Å². The van der Waals surface area contributed by atoms with Crippen LogP contribution in [-0.2, 0) is 0 Å². The Kier molecular flexibility index (Phi) is 5.12. The number of hydrazine groups is 1. The van der Waals surface area contributed by atoms with Gasteiger partial charge in [0.25, 0.3) is 0 Å². The van der Waals surface area contributed by atoms with Crippen LogP contribution in [0.15, 0.2) is 36.7 Å². The quantitative estimate of drug-likeness (QED) is 0.657. The summed E-state index contributed by atoms with van der Waals surface area (Å²) in [6.07, 6.45) is 3.33. The number of nitrogens with one attached hydrogen (secondary N) is 1. The summed E-state index contributed by atoms with van der Waals surface area (Å²) < 4.78 is 18.8. The summed E-state index contributed by atoms with van der Waals surface area (Å²) >= 11 is 6.09. The Morgan fingerprint density at radius 3 is 2.67 bits per heavy atom. The van der Waals surface area contributed by atoms with Gasteiger partial charge in [0.1, 0.15) is 11.6 Å². The Labute approximate surface area is 128 Å². The molecule has 0 bridgehead atoms. The second kappa shape index (κ2) is 6.85. The molecule has 0 radical (unpaired) electrons. The molecular formula is C15H17ClFN3O. The van der Waals surface area contributed by atoms with Crippen molar-refractivity contribution in [3.8, 4) is 5.75 Å². The van der Waals surface area contributed by atoms with Crippen molar-refractivity contribution in [2.24, 2.45) is 5.84 Å². The normalized spacial score (nSPS) is 12.5. The van der Waals surface area contributed by atoms with Gasteiger partial charge in [0, 0.05) is 11.2 Å². The summed E-state index contributed by atoms with van der Waals surface area (Å²) in [6.45, 7) is 3.87. The van der Waals surface area contributed by atoms with Gasteiger partial charge < -0.3 is 4.74 Å². The van der Waals surface area contributed by atoms with Crippen LogP contribution in [0.5, 0.6) is 5.75 Å². The molecule has 3 N–H and O–H groups in total. The van der Waals surface area contributed by atoms with E-state index < -0.39 is 11.9 Å². The fourth-order valence-electron chi connectivity index (χ4n) is 2.03. The fraction of sp³-hybridized carbons (Fsp3) is 0.267. The van der Waals surface area contributed by atoms with Crippen molar-refractivity contribution in [1.82, 2.24) is 10.4 Å².